The Morgan fingerprint density at radius 2 is 2.37 bits per heavy atom. The molecule has 0 spiro atoms. The predicted molar refractivity (Wildman–Crippen MR) is 65.1 cm³/mol. The Morgan fingerprint density at radius 1 is 1.58 bits per heavy atom. The molecule has 0 saturated carbocycles. The SMILES string of the molecule is Nc1nc2nc(Cl)[n+](C3C[C@H](O)[C@@H](CO)O3)cc2[nH]1. The number of ether oxygens (including phenoxy) is 1. The fourth-order valence-electron chi connectivity index (χ4n) is 2.16. The van der Waals surface area contributed by atoms with Crippen molar-refractivity contribution in [1.29, 1.82) is 0 Å². The highest BCUT2D eigenvalue weighted by Gasteiger charge is 2.38. The molecule has 5 N–H and O–H groups in total. The molecule has 1 aliphatic heterocycles. The first kappa shape index (κ1) is 12.5. The smallest absolute Gasteiger partial charge is 0.394 e. The molecule has 102 valence electrons. The minimum Gasteiger partial charge on any atom is -0.394 e. The molecule has 1 fully saturated rings. The summed E-state index contributed by atoms with van der Waals surface area (Å²) < 4.78 is 7.09. The average Bonchev–Trinajstić information content (AvgIpc) is 2.89. The standard InChI is InChI=1S/C10H12ClN5O3/c11-9-14-8-4(13-10(12)15-8)2-16(9)7-1-5(18)6(3-17)19-7/h2,5-7,17-18H,1,3H2,(H2,12,13)/p+1/t5-,6+,7?/m0/s1. The number of hydrogen-bond donors (Lipinski definition) is 4. The summed E-state index contributed by atoms with van der Waals surface area (Å²) in [6.45, 7) is -0.247. The van der Waals surface area contributed by atoms with Gasteiger partial charge in [-0.05, 0) is 4.98 Å². The Labute approximate surface area is 112 Å². The van der Waals surface area contributed by atoms with Crippen LogP contribution in [0.15, 0.2) is 6.20 Å². The van der Waals surface area contributed by atoms with Gasteiger partial charge < -0.3 is 25.7 Å². The van der Waals surface area contributed by atoms with E-state index in [0.717, 1.165) is 0 Å². The second-order valence-corrected chi connectivity index (χ2v) is 4.73. The first-order valence-electron chi connectivity index (χ1n) is 5.75. The number of H-pyrrole nitrogens is 1. The van der Waals surface area contributed by atoms with Crippen molar-refractivity contribution in [3.63, 3.8) is 0 Å². The van der Waals surface area contributed by atoms with E-state index in [1.54, 1.807) is 10.8 Å². The molecule has 0 aliphatic carbocycles. The zero-order chi connectivity index (χ0) is 13.6. The van der Waals surface area contributed by atoms with Gasteiger partial charge in [0.2, 0.25) is 12.2 Å². The van der Waals surface area contributed by atoms with Gasteiger partial charge in [0.05, 0.1) is 12.7 Å². The Kier molecular flexibility index (Phi) is 3.02. The lowest BCUT2D eigenvalue weighted by molar-refractivity contribution is -0.758. The Hall–Kier alpha value is -1.48. The van der Waals surface area contributed by atoms with Gasteiger partial charge in [-0.15, -0.1) is 0 Å². The molecule has 8 nitrogen and oxygen atoms in total. The van der Waals surface area contributed by atoms with Gasteiger partial charge in [0, 0.05) is 18.0 Å². The third-order valence-corrected chi connectivity index (χ3v) is 3.38. The molecule has 9 heteroatoms. The van der Waals surface area contributed by atoms with Gasteiger partial charge in [-0.1, -0.05) is 0 Å². The fraction of sp³-hybridized carbons (Fsp3) is 0.500. The van der Waals surface area contributed by atoms with Gasteiger partial charge in [0.25, 0.3) is 5.65 Å². The number of nitrogen functional groups attached to an aromatic ring is 1. The van der Waals surface area contributed by atoms with Crippen molar-refractivity contribution in [2.45, 2.75) is 24.9 Å². The second-order valence-electron chi connectivity index (χ2n) is 4.39. The Morgan fingerprint density at radius 3 is 3.05 bits per heavy atom. The van der Waals surface area contributed by atoms with E-state index < -0.39 is 18.4 Å². The number of aromatic nitrogens is 4. The number of rotatable bonds is 2. The van der Waals surface area contributed by atoms with E-state index in [4.69, 9.17) is 27.2 Å². The molecule has 3 atom stereocenters. The van der Waals surface area contributed by atoms with Gasteiger partial charge in [0.15, 0.2) is 5.52 Å². The number of imidazole rings is 1. The normalized spacial score (nSPS) is 27.2. The molecule has 0 bridgehead atoms. The van der Waals surface area contributed by atoms with Crippen LogP contribution in [-0.2, 0) is 4.74 Å². The summed E-state index contributed by atoms with van der Waals surface area (Å²) in [7, 11) is 0. The Bertz CT molecular complexity index is 618. The molecule has 0 radical (unpaired) electrons. The van der Waals surface area contributed by atoms with E-state index in [0.29, 0.717) is 17.6 Å². The van der Waals surface area contributed by atoms with Crippen LogP contribution in [0.4, 0.5) is 5.95 Å². The number of fused-ring (bicyclic) bond motifs is 1. The van der Waals surface area contributed by atoms with Crippen molar-refractivity contribution in [2.24, 2.45) is 0 Å². The molecule has 1 saturated heterocycles. The van der Waals surface area contributed by atoms with Gasteiger partial charge in [-0.2, -0.15) is 9.55 Å². The van der Waals surface area contributed by atoms with E-state index in [-0.39, 0.29) is 17.8 Å². The summed E-state index contributed by atoms with van der Waals surface area (Å²) in [5, 5.41) is 19.0. The lowest BCUT2D eigenvalue weighted by Crippen LogP contribution is -2.41. The summed E-state index contributed by atoms with van der Waals surface area (Å²) in [5.74, 6) is 0.247. The van der Waals surface area contributed by atoms with E-state index >= 15 is 0 Å². The molecule has 3 rings (SSSR count). The first-order valence-corrected chi connectivity index (χ1v) is 6.13. The molecule has 1 unspecified atom stereocenters. The number of nitrogens with one attached hydrogen (secondary N) is 1. The van der Waals surface area contributed by atoms with Crippen LogP contribution >= 0.6 is 11.6 Å². The van der Waals surface area contributed by atoms with Crippen LogP contribution < -0.4 is 10.3 Å². The van der Waals surface area contributed by atoms with Crippen LogP contribution in [0.3, 0.4) is 0 Å². The number of nitrogens with two attached hydrogens (primary N) is 1. The molecule has 1 aliphatic rings. The van der Waals surface area contributed by atoms with Crippen molar-refractivity contribution in [2.75, 3.05) is 12.3 Å². The van der Waals surface area contributed by atoms with E-state index in [1.807, 2.05) is 0 Å². The Balaban J connectivity index is 1.98. The molecule has 19 heavy (non-hydrogen) atoms. The van der Waals surface area contributed by atoms with Crippen molar-refractivity contribution >= 4 is 28.7 Å². The highest BCUT2D eigenvalue weighted by molar-refractivity contribution is 6.27. The number of aliphatic hydroxyl groups excluding tert-OH is 2. The molecular formula is C10H13ClN5O3+. The molecule has 2 aromatic heterocycles. The zero-order valence-corrected chi connectivity index (χ0v) is 10.6. The van der Waals surface area contributed by atoms with Crippen LogP contribution in [0.2, 0.25) is 5.28 Å². The molecule has 2 aromatic rings. The fourth-order valence-corrected chi connectivity index (χ4v) is 2.40. The number of nitrogens with zero attached hydrogens (tertiary/aromatic N) is 3. The van der Waals surface area contributed by atoms with Crippen LogP contribution in [0.25, 0.3) is 11.2 Å². The zero-order valence-electron chi connectivity index (χ0n) is 9.82. The summed E-state index contributed by atoms with van der Waals surface area (Å²) >= 11 is 6.06. The van der Waals surface area contributed by atoms with E-state index in [2.05, 4.69) is 15.0 Å². The molecule has 3 heterocycles. The van der Waals surface area contributed by atoms with Crippen molar-refractivity contribution in [3.8, 4) is 0 Å². The van der Waals surface area contributed by atoms with E-state index in [9.17, 15) is 5.11 Å². The van der Waals surface area contributed by atoms with Crippen LogP contribution in [0.5, 0.6) is 0 Å². The summed E-state index contributed by atoms with van der Waals surface area (Å²) in [6, 6.07) is 0. The maximum Gasteiger partial charge on any atom is 0.400 e. The van der Waals surface area contributed by atoms with Gasteiger partial charge >= 0.3 is 5.28 Å². The number of hydrogen-bond acceptors (Lipinski definition) is 6. The highest BCUT2D eigenvalue weighted by atomic mass is 35.5. The summed E-state index contributed by atoms with van der Waals surface area (Å²) in [6.07, 6.45) is 0.163. The predicted octanol–water partition coefficient (Wildman–Crippen LogP) is -0.878. The quantitative estimate of drug-likeness (QED) is 0.420. The topological polar surface area (TPSA) is 121 Å². The number of aromatic amines is 1. The van der Waals surface area contributed by atoms with Gasteiger partial charge in [0.1, 0.15) is 12.3 Å². The molecular weight excluding hydrogens is 274 g/mol. The minimum atomic E-state index is -0.735. The lowest BCUT2D eigenvalue weighted by atomic mass is 10.2. The summed E-state index contributed by atoms with van der Waals surface area (Å²) in [4.78, 5) is 10.9. The van der Waals surface area contributed by atoms with Gasteiger partial charge in [-0.25, -0.2) is 0 Å². The maximum absolute atomic E-state index is 9.73. The van der Waals surface area contributed by atoms with Crippen molar-refractivity contribution in [3.05, 3.63) is 11.5 Å². The van der Waals surface area contributed by atoms with Crippen molar-refractivity contribution in [1.82, 2.24) is 15.0 Å². The average molecular weight is 287 g/mol. The molecule has 0 amide bonds. The minimum absolute atomic E-state index is 0.176. The maximum atomic E-state index is 9.73. The summed E-state index contributed by atoms with van der Waals surface area (Å²) in [5.41, 5.74) is 6.58. The van der Waals surface area contributed by atoms with E-state index in [1.165, 1.54) is 0 Å². The van der Waals surface area contributed by atoms with Crippen LogP contribution in [0.1, 0.15) is 12.6 Å². The highest BCUT2D eigenvalue weighted by Crippen LogP contribution is 2.25. The third kappa shape index (κ3) is 2.12. The first-order chi connectivity index (χ1) is 9.08. The number of anilines is 1. The van der Waals surface area contributed by atoms with Crippen molar-refractivity contribution < 1.29 is 19.5 Å². The van der Waals surface area contributed by atoms with Crippen LogP contribution in [-0.4, -0.2) is 44.0 Å². The van der Waals surface area contributed by atoms with Crippen LogP contribution in [0, 0.1) is 0 Å². The largest absolute Gasteiger partial charge is 0.400 e. The monoisotopic (exact) mass is 286 g/mol. The number of halogens is 1. The molecule has 0 aromatic carbocycles. The lowest BCUT2D eigenvalue weighted by Gasteiger charge is -2.10. The third-order valence-electron chi connectivity index (χ3n) is 3.10. The van der Waals surface area contributed by atoms with Gasteiger partial charge in [-0.3, -0.25) is 0 Å². The second kappa shape index (κ2) is 4.57. The number of aliphatic hydroxyl groups is 2.